The molecule has 0 saturated heterocycles. The molecule has 0 saturated carbocycles. The lowest BCUT2D eigenvalue weighted by Gasteiger charge is -2.45. The molecular weight excluding hydrogens is 635 g/mol. The minimum atomic E-state index is -0.0413. The molecule has 0 amide bonds. The molecule has 4 nitrogen and oxygen atoms in total. The van der Waals surface area contributed by atoms with Gasteiger partial charge in [-0.3, -0.25) is 0 Å². The van der Waals surface area contributed by atoms with Crippen molar-refractivity contribution >= 4 is 101 Å². The van der Waals surface area contributed by atoms with Gasteiger partial charge in [0.1, 0.15) is 22.3 Å². The molecule has 2 aliphatic rings. The number of rotatable bonds is 2. The van der Waals surface area contributed by atoms with Gasteiger partial charge in [-0.15, -0.1) is 0 Å². The van der Waals surface area contributed by atoms with Crippen LogP contribution in [0.25, 0.3) is 43.9 Å². The standard InChI is InChI=1S/C47H35BN2O2/c1-26-13-16-32-33-18-15-31(25-43(33)51-41(32)23-26)49-37-10-6-7-11-38(37)50-39-20-19-35-34-17-14-27(2)24-42(34)52-47(35)45(39)48(36-9-8-12-40(49)46(36)50)44-29(4)21-28(3)22-30(44)5/h6-25H,1-5H3. The van der Waals surface area contributed by atoms with Crippen LogP contribution in [0.15, 0.2) is 130 Å². The van der Waals surface area contributed by atoms with E-state index in [1.54, 1.807) is 0 Å². The summed E-state index contributed by atoms with van der Waals surface area (Å²) in [5.41, 5.74) is 20.6. The molecule has 0 bridgehead atoms. The van der Waals surface area contributed by atoms with E-state index in [1.165, 1.54) is 49.9 Å². The fourth-order valence-corrected chi connectivity index (χ4v) is 9.37. The average Bonchev–Trinajstić information content (AvgIpc) is 3.68. The second-order valence-corrected chi connectivity index (χ2v) is 14.9. The summed E-state index contributed by atoms with van der Waals surface area (Å²) in [6.45, 7) is 10.9. The van der Waals surface area contributed by atoms with Gasteiger partial charge in [0.05, 0.1) is 28.4 Å². The Morgan fingerprint density at radius 3 is 1.77 bits per heavy atom. The van der Waals surface area contributed by atoms with Gasteiger partial charge in [0.2, 0.25) is 0 Å². The Morgan fingerprint density at radius 2 is 1.04 bits per heavy atom. The summed E-state index contributed by atoms with van der Waals surface area (Å²) in [7, 11) is 0. The van der Waals surface area contributed by atoms with Crippen molar-refractivity contribution in [3.63, 3.8) is 0 Å². The Balaban J connectivity index is 1.23. The van der Waals surface area contributed by atoms with Crippen molar-refractivity contribution in [2.24, 2.45) is 0 Å². The normalized spacial score (nSPS) is 13.4. The maximum atomic E-state index is 6.95. The van der Waals surface area contributed by atoms with Crippen molar-refractivity contribution in [3.05, 3.63) is 149 Å². The second kappa shape index (κ2) is 10.4. The summed E-state index contributed by atoms with van der Waals surface area (Å²) in [6.07, 6.45) is 0. The monoisotopic (exact) mass is 670 g/mol. The lowest BCUT2D eigenvalue weighted by Crippen LogP contribution is -2.59. The topological polar surface area (TPSA) is 32.8 Å². The molecule has 0 spiro atoms. The summed E-state index contributed by atoms with van der Waals surface area (Å²) in [4.78, 5) is 4.91. The zero-order chi connectivity index (χ0) is 35.0. The minimum Gasteiger partial charge on any atom is -0.457 e. The van der Waals surface area contributed by atoms with E-state index in [1.807, 2.05) is 0 Å². The molecule has 0 unspecified atom stereocenters. The van der Waals surface area contributed by atoms with Crippen LogP contribution in [0.3, 0.4) is 0 Å². The Morgan fingerprint density at radius 1 is 0.442 bits per heavy atom. The molecule has 0 radical (unpaired) electrons. The number of anilines is 6. The van der Waals surface area contributed by atoms with Crippen molar-refractivity contribution in [1.82, 2.24) is 0 Å². The lowest BCUT2D eigenvalue weighted by atomic mass is 9.33. The number of fused-ring (bicyclic) bond motifs is 11. The van der Waals surface area contributed by atoms with Crippen molar-refractivity contribution in [2.75, 3.05) is 9.80 Å². The lowest BCUT2D eigenvalue weighted by molar-refractivity contribution is 0.668. The molecule has 5 heteroatoms. The van der Waals surface area contributed by atoms with Crippen LogP contribution in [0, 0.1) is 34.6 Å². The van der Waals surface area contributed by atoms with Crippen molar-refractivity contribution in [3.8, 4) is 0 Å². The fourth-order valence-electron chi connectivity index (χ4n) is 9.37. The Hall–Kier alpha value is -6.20. The van der Waals surface area contributed by atoms with E-state index in [-0.39, 0.29) is 6.71 Å². The number of nitrogens with zero attached hydrogens (tertiary/aromatic N) is 2. The van der Waals surface area contributed by atoms with Crippen LogP contribution in [0.4, 0.5) is 34.1 Å². The molecule has 248 valence electrons. The second-order valence-electron chi connectivity index (χ2n) is 14.9. The minimum absolute atomic E-state index is 0.0413. The Bertz CT molecular complexity index is 2980. The highest BCUT2D eigenvalue weighted by Gasteiger charge is 2.44. The zero-order valence-electron chi connectivity index (χ0n) is 29.8. The third-order valence-corrected chi connectivity index (χ3v) is 11.4. The van der Waals surface area contributed by atoms with E-state index in [9.17, 15) is 0 Å². The zero-order valence-corrected chi connectivity index (χ0v) is 29.8. The molecule has 0 atom stereocenters. The molecule has 0 N–H and O–H groups in total. The molecule has 4 heterocycles. The van der Waals surface area contributed by atoms with Gasteiger partial charge in [0.15, 0.2) is 0 Å². The number of para-hydroxylation sites is 3. The van der Waals surface area contributed by atoms with Crippen LogP contribution < -0.4 is 26.2 Å². The summed E-state index contributed by atoms with van der Waals surface area (Å²) >= 11 is 0. The van der Waals surface area contributed by atoms with Gasteiger partial charge >= 0.3 is 0 Å². The highest BCUT2D eigenvalue weighted by molar-refractivity contribution is 7.00. The molecule has 2 aromatic heterocycles. The third kappa shape index (κ3) is 3.94. The van der Waals surface area contributed by atoms with Crippen LogP contribution in [-0.2, 0) is 0 Å². The number of aryl methyl sites for hydroxylation is 5. The van der Waals surface area contributed by atoms with Crippen molar-refractivity contribution < 1.29 is 8.83 Å². The average molecular weight is 671 g/mol. The Kier molecular flexibility index (Phi) is 5.92. The van der Waals surface area contributed by atoms with Gasteiger partial charge in [-0.1, -0.05) is 82.8 Å². The molecule has 0 aliphatic carbocycles. The molecule has 7 aromatic carbocycles. The van der Waals surface area contributed by atoms with E-state index < -0.39 is 0 Å². The molecule has 0 fully saturated rings. The molecule has 11 rings (SSSR count). The van der Waals surface area contributed by atoms with Crippen LogP contribution in [0.1, 0.15) is 27.8 Å². The summed E-state index contributed by atoms with van der Waals surface area (Å²) in [5, 5.41) is 4.58. The number of hydrogen-bond acceptors (Lipinski definition) is 4. The van der Waals surface area contributed by atoms with Crippen molar-refractivity contribution in [2.45, 2.75) is 34.6 Å². The summed E-state index contributed by atoms with van der Waals surface area (Å²) in [5.74, 6) is 0. The highest BCUT2D eigenvalue weighted by atomic mass is 16.3. The Labute approximate surface area is 302 Å². The first-order valence-electron chi connectivity index (χ1n) is 18.1. The molecule has 9 aromatic rings. The highest BCUT2D eigenvalue weighted by Crippen LogP contribution is 2.55. The van der Waals surface area contributed by atoms with Gasteiger partial charge in [-0.2, -0.15) is 0 Å². The van der Waals surface area contributed by atoms with E-state index in [0.29, 0.717) is 0 Å². The van der Waals surface area contributed by atoms with E-state index in [4.69, 9.17) is 8.83 Å². The van der Waals surface area contributed by atoms with E-state index in [2.05, 4.69) is 166 Å². The number of furan rings is 2. The largest absolute Gasteiger partial charge is 0.457 e. The summed E-state index contributed by atoms with van der Waals surface area (Å²) < 4.78 is 13.4. The van der Waals surface area contributed by atoms with Gasteiger partial charge in [-0.25, -0.2) is 0 Å². The van der Waals surface area contributed by atoms with Crippen LogP contribution in [0.5, 0.6) is 0 Å². The van der Waals surface area contributed by atoms with Crippen molar-refractivity contribution in [1.29, 1.82) is 0 Å². The first-order chi connectivity index (χ1) is 25.3. The number of benzene rings is 7. The SMILES string of the molecule is Cc1cc(C)c(B2c3cccc4c3N(c3ccccc3N4c3ccc4c(c3)oc3cc(C)ccc34)c3ccc4c(oc5cc(C)ccc54)c32)c(C)c1. The van der Waals surface area contributed by atoms with Crippen LogP contribution in [0.2, 0.25) is 0 Å². The third-order valence-electron chi connectivity index (χ3n) is 11.4. The predicted octanol–water partition coefficient (Wildman–Crippen LogP) is 11.1. The van der Waals surface area contributed by atoms with Gasteiger partial charge < -0.3 is 18.6 Å². The maximum absolute atomic E-state index is 6.95. The quantitative estimate of drug-likeness (QED) is 0.171. The number of hydrogen-bond donors (Lipinski definition) is 0. The first-order valence-corrected chi connectivity index (χ1v) is 18.1. The predicted molar refractivity (Wildman–Crippen MR) is 219 cm³/mol. The smallest absolute Gasteiger partial charge is 0.252 e. The fraction of sp³-hybridized carbons (Fsp3) is 0.106. The molecule has 2 aliphatic heterocycles. The first kappa shape index (κ1) is 29.5. The van der Waals surface area contributed by atoms with Gasteiger partial charge in [0, 0.05) is 33.3 Å². The molecular formula is C47H35BN2O2. The summed E-state index contributed by atoms with van der Waals surface area (Å²) in [6, 6.07) is 44.6. The van der Waals surface area contributed by atoms with Gasteiger partial charge in [0.25, 0.3) is 6.71 Å². The maximum Gasteiger partial charge on any atom is 0.252 e. The van der Waals surface area contributed by atoms with E-state index in [0.717, 1.165) is 72.3 Å². The van der Waals surface area contributed by atoms with E-state index >= 15 is 0 Å². The van der Waals surface area contributed by atoms with Crippen LogP contribution in [-0.4, -0.2) is 6.71 Å². The van der Waals surface area contributed by atoms with Gasteiger partial charge in [-0.05, 0) is 111 Å². The van der Waals surface area contributed by atoms with Crippen LogP contribution >= 0.6 is 0 Å². The molecule has 52 heavy (non-hydrogen) atoms.